The van der Waals surface area contributed by atoms with Gasteiger partial charge in [0.25, 0.3) is 0 Å². The number of primary sulfonamides is 1. The van der Waals surface area contributed by atoms with Crippen molar-refractivity contribution in [2.45, 2.75) is 4.90 Å². The van der Waals surface area contributed by atoms with Gasteiger partial charge in [0.2, 0.25) is 10.0 Å². The number of nitrogens with zero attached hydrogens (tertiary/aromatic N) is 1. The van der Waals surface area contributed by atoms with Crippen LogP contribution in [0.1, 0.15) is 0 Å². The molecular weight excluding hydrogens is 281 g/mol. The monoisotopic (exact) mass is 295 g/mol. The maximum absolute atomic E-state index is 13.7. The van der Waals surface area contributed by atoms with E-state index in [2.05, 4.69) is 0 Å². The third kappa shape index (κ3) is 2.73. The number of hydrogen-bond acceptors (Lipinski definition) is 4. The topological polar surface area (TPSA) is 89.4 Å². The molecule has 5 nitrogen and oxygen atoms in total. The molecule has 0 spiro atoms. The van der Waals surface area contributed by atoms with Crippen LogP contribution < -0.4 is 15.8 Å². The Morgan fingerprint density at radius 3 is 2.30 bits per heavy atom. The highest BCUT2D eigenvalue weighted by Crippen LogP contribution is 2.31. The Labute approximate surface area is 116 Å². The molecule has 20 heavy (non-hydrogen) atoms. The molecule has 0 unspecified atom stereocenters. The van der Waals surface area contributed by atoms with Crippen molar-refractivity contribution in [1.82, 2.24) is 0 Å². The molecule has 0 saturated heterocycles. The highest BCUT2D eigenvalue weighted by Gasteiger charge is 2.14. The zero-order valence-electron chi connectivity index (χ0n) is 10.7. The van der Waals surface area contributed by atoms with E-state index >= 15 is 0 Å². The third-order valence-corrected chi connectivity index (χ3v) is 3.81. The number of anilines is 3. The van der Waals surface area contributed by atoms with Gasteiger partial charge >= 0.3 is 0 Å². The van der Waals surface area contributed by atoms with Gasteiger partial charge in [-0.3, -0.25) is 0 Å². The van der Waals surface area contributed by atoms with E-state index in [-0.39, 0.29) is 10.6 Å². The van der Waals surface area contributed by atoms with E-state index in [1.165, 1.54) is 29.2 Å². The molecule has 0 radical (unpaired) electrons. The van der Waals surface area contributed by atoms with Gasteiger partial charge in [-0.2, -0.15) is 0 Å². The van der Waals surface area contributed by atoms with Gasteiger partial charge in [-0.15, -0.1) is 0 Å². The molecule has 106 valence electrons. The van der Waals surface area contributed by atoms with Crippen LogP contribution in [0.5, 0.6) is 0 Å². The van der Waals surface area contributed by atoms with Gasteiger partial charge in [-0.25, -0.2) is 17.9 Å². The Morgan fingerprint density at radius 2 is 1.75 bits per heavy atom. The van der Waals surface area contributed by atoms with Crippen LogP contribution in [0.2, 0.25) is 0 Å². The van der Waals surface area contributed by atoms with Gasteiger partial charge < -0.3 is 10.6 Å². The van der Waals surface area contributed by atoms with Crippen LogP contribution in [0.15, 0.2) is 47.4 Å². The predicted octanol–water partition coefficient (Wildman–Crippen LogP) is 1.82. The van der Waals surface area contributed by atoms with Gasteiger partial charge in [0.15, 0.2) is 0 Å². The zero-order valence-corrected chi connectivity index (χ0v) is 11.6. The molecule has 0 atom stereocenters. The molecule has 0 aromatic heterocycles. The van der Waals surface area contributed by atoms with E-state index in [4.69, 9.17) is 10.9 Å². The number of rotatable bonds is 3. The van der Waals surface area contributed by atoms with E-state index < -0.39 is 15.8 Å². The lowest BCUT2D eigenvalue weighted by Gasteiger charge is -2.22. The first-order valence-electron chi connectivity index (χ1n) is 5.71. The van der Waals surface area contributed by atoms with Gasteiger partial charge in [0, 0.05) is 7.05 Å². The second-order valence-corrected chi connectivity index (χ2v) is 5.84. The minimum Gasteiger partial charge on any atom is -0.397 e. The van der Waals surface area contributed by atoms with Crippen molar-refractivity contribution in [3.63, 3.8) is 0 Å². The van der Waals surface area contributed by atoms with Crippen LogP contribution in [-0.4, -0.2) is 15.5 Å². The van der Waals surface area contributed by atoms with E-state index in [9.17, 15) is 12.8 Å². The quantitative estimate of drug-likeness (QED) is 0.845. The lowest BCUT2D eigenvalue weighted by atomic mass is 10.2. The van der Waals surface area contributed by atoms with E-state index in [0.717, 1.165) is 0 Å². The van der Waals surface area contributed by atoms with Crippen LogP contribution in [0.3, 0.4) is 0 Å². The number of nitrogen functional groups attached to an aromatic ring is 1. The van der Waals surface area contributed by atoms with Crippen LogP contribution >= 0.6 is 0 Å². The normalized spacial score (nSPS) is 11.3. The highest BCUT2D eigenvalue weighted by atomic mass is 32.2. The smallest absolute Gasteiger partial charge is 0.238 e. The van der Waals surface area contributed by atoms with Gasteiger partial charge in [0.1, 0.15) is 5.82 Å². The molecule has 7 heteroatoms. The first kappa shape index (κ1) is 14.3. The van der Waals surface area contributed by atoms with Crippen LogP contribution in [0.25, 0.3) is 0 Å². The number of sulfonamides is 1. The average Bonchev–Trinajstić information content (AvgIpc) is 2.37. The fourth-order valence-corrected chi connectivity index (χ4v) is 2.42. The Bertz CT molecular complexity index is 747. The van der Waals surface area contributed by atoms with Crippen molar-refractivity contribution in [1.29, 1.82) is 0 Å². The largest absolute Gasteiger partial charge is 0.397 e. The van der Waals surface area contributed by atoms with Gasteiger partial charge in [-0.05, 0) is 30.3 Å². The number of nitrogens with two attached hydrogens (primary N) is 2. The van der Waals surface area contributed by atoms with Gasteiger partial charge in [-0.1, -0.05) is 12.1 Å². The Hall–Kier alpha value is -2.12. The molecule has 0 aliphatic heterocycles. The SMILES string of the molecule is CN(c1ccc(S(N)(=O)=O)cc1N)c1ccccc1F. The van der Waals surface area contributed by atoms with Crippen molar-refractivity contribution in [2.24, 2.45) is 5.14 Å². The fourth-order valence-electron chi connectivity index (χ4n) is 1.87. The molecule has 4 N–H and O–H groups in total. The summed E-state index contributed by atoms with van der Waals surface area (Å²) in [7, 11) is -2.17. The Kier molecular flexibility index (Phi) is 3.65. The number of hydrogen-bond donors (Lipinski definition) is 2. The summed E-state index contributed by atoms with van der Waals surface area (Å²) in [6, 6.07) is 10.3. The van der Waals surface area contributed by atoms with Crippen LogP contribution in [0, 0.1) is 5.82 Å². The minimum absolute atomic E-state index is 0.0827. The standard InChI is InChI=1S/C13H14FN3O2S/c1-17(12-5-3-2-4-10(12)14)13-7-6-9(8-11(13)15)20(16,18)19/h2-8H,15H2,1H3,(H2,16,18,19). The van der Waals surface area contributed by atoms with Gasteiger partial charge in [0.05, 0.1) is 22.0 Å². The molecule has 0 fully saturated rings. The van der Waals surface area contributed by atoms with E-state index in [1.807, 2.05) is 0 Å². The Balaban J connectivity index is 2.47. The first-order chi connectivity index (χ1) is 9.30. The number of para-hydroxylation sites is 1. The van der Waals surface area contributed by atoms with Crippen LogP contribution in [0.4, 0.5) is 21.5 Å². The maximum Gasteiger partial charge on any atom is 0.238 e. The summed E-state index contributed by atoms with van der Waals surface area (Å²) in [5, 5.41) is 5.03. The predicted molar refractivity (Wildman–Crippen MR) is 76.7 cm³/mol. The van der Waals surface area contributed by atoms with Crippen molar-refractivity contribution >= 4 is 27.1 Å². The molecule has 0 saturated carbocycles. The molecule has 0 bridgehead atoms. The lowest BCUT2D eigenvalue weighted by Crippen LogP contribution is -2.15. The number of halogens is 1. The second kappa shape index (κ2) is 5.10. The fraction of sp³-hybridized carbons (Fsp3) is 0.0769. The van der Waals surface area contributed by atoms with E-state index in [0.29, 0.717) is 11.4 Å². The summed E-state index contributed by atoms with van der Waals surface area (Å²) in [5.41, 5.74) is 6.84. The summed E-state index contributed by atoms with van der Waals surface area (Å²) in [6.45, 7) is 0. The summed E-state index contributed by atoms with van der Waals surface area (Å²) in [6.07, 6.45) is 0. The summed E-state index contributed by atoms with van der Waals surface area (Å²) < 4.78 is 36.2. The van der Waals surface area contributed by atoms with E-state index in [1.54, 1.807) is 25.2 Å². The molecule has 2 aromatic carbocycles. The van der Waals surface area contributed by atoms with Crippen molar-refractivity contribution in [3.8, 4) is 0 Å². The molecule has 2 aromatic rings. The summed E-state index contributed by atoms with van der Waals surface area (Å²) >= 11 is 0. The van der Waals surface area contributed by atoms with Crippen molar-refractivity contribution in [2.75, 3.05) is 17.7 Å². The summed E-state index contributed by atoms with van der Waals surface area (Å²) in [4.78, 5) is 1.46. The van der Waals surface area contributed by atoms with Crippen molar-refractivity contribution < 1.29 is 12.8 Å². The van der Waals surface area contributed by atoms with Crippen molar-refractivity contribution in [3.05, 3.63) is 48.3 Å². The molecule has 0 aliphatic carbocycles. The molecule has 2 rings (SSSR count). The average molecular weight is 295 g/mol. The highest BCUT2D eigenvalue weighted by molar-refractivity contribution is 7.89. The van der Waals surface area contributed by atoms with Crippen LogP contribution in [-0.2, 0) is 10.0 Å². The first-order valence-corrected chi connectivity index (χ1v) is 7.26. The minimum atomic E-state index is -3.81. The number of benzene rings is 2. The summed E-state index contributed by atoms with van der Waals surface area (Å²) in [5.74, 6) is -0.398. The second-order valence-electron chi connectivity index (χ2n) is 4.28. The lowest BCUT2D eigenvalue weighted by molar-refractivity contribution is 0.598. The molecular formula is C13H14FN3O2S. The zero-order chi connectivity index (χ0) is 14.9. The molecule has 0 aliphatic rings. The Morgan fingerprint density at radius 1 is 1.10 bits per heavy atom. The molecule has 0 amide bonds. The maximum atomic E-state index is 13.7. The third-order valence-electron chi connectivity index (χ3n) is 2.90. The molecule has 0 heterocycles.